The number of furan rings is 2. The minimum Gasteiger partial charge on any atom is -0.454 e. The van der Waals surface area contributed by atoms with Gasteiger partial charge < -0.3 is 28.0 Å². The third-order valence-electron chi connectivity index (χ3n) is 18.7. The van der Waals surface area contributed by atoms with Crippen LogP contribution in [0.3, 0.4) is 0 Å². The number of fused-ring (bicyclic) bond motifs is 13. The van der Waals surface area contributed by atoms with Crippen LogP contribution in [0.1, 0.15) is 34.6 Å². The Bertz CT molecular complexity index is 5580. The van der Waals surface area contributed by atoms with Crippen LogP contribution in [0, 0.1) is 6.92 Å². The van der Waals surface area contributed by atoms with Crippen molar-refractivity contribution in [1.82, 2.24) is 9.38 Å². The number of anilines is 5. The smallest absolute Gasteiger partial charge is 0.159 e. The number of aromatic nitrogens is 2. The number of hydrogen-bond donors (Lipinski definition) is 1. The van der Waals surface area contributed by atoms with E-state index in [2.05, 4.69) is 296 Å². The van der Waals surface area contributed by atoms with Gasteiger partial charge in [-0.15, -0.1) is 0 Å². The first-order valence-electron chi connectivity index (χ1n) is 30.9. The minimum absolute atomic E-state index is 0.707. The first-order chi connectivity index (χ1) is 43.6. The Labute approximate surface area is 517 Å². The summed E-state index contributed by atoms with van der Waals surface area (Å²) in [4.78, 5) is 8.79. The lowest BCUT2D eigenvalue weighted by atomic mass is 9.86. The van der Waals surface area contributed by atoms with Gasteiger partial charge in [-0.25, -0.2) is 0 Å². The zero-order valence-electron chi connectivity index (χ0n) is 50.2. The SMILES string of the molecule is C=Cc1oc2c(N(c3ccc([Si](C)(C)C)cc3)c3ccc4c(c3)c3cccc5c6c(-c7ccccc7)cc(-c7cccc8c7[nH]c7ccc(N(C9=CCCc%10c9oc9ccccc%109)c9ccc(C)cc9)cc78)c(-c7ccccc7)c6n4c35)cccc2c1C=C. The largest absolute Gasteiger partial charge is 0.454 e. The summed E-state index contributed by atoms with van der Waals surface area (Å²) < 4.78 is 16.1. The summed E-state index contributed by atoms with van der Waals surface area (Å²) in [5, 5.41) is 10.7. The van der Waals surface area contributed by atoms with Crippen LogP contribution in [0.15, 0.2) is 259 Å². The molecule has 0 spiro atoms. The van der Waals surface area contributed by atoms with Gasteiger partial charge in [0.2, 0.25) is 0 Å². The molecular formula is C82H62N4O2Si. The Balaban J connectivity index is 0.908. The summed E-state index contributed by atoms with van der Waals surface area (Å²) in [6.07, 6.45) is 7.87. The molecule has 0 bridgehead atoms. The number of allylic oxidation sites excluding steroid dienone is 1. The van der Waals surface area contributed by atoms with Crippen molar-refractivity contribution in [1.29, 1.82) is 0 Å². The molecule has 0 aliphatic heterocycles. The first-order valence-corrected chi connectivity index (χ1v) is 34.4. The molecule has 0 fully saturated rings. The Morgan fingerprint density at radius 2 is 1.17 bits per heavy atom. The molecule has 0 unspecified atom stereocenters. The van der Waals surface area contributed by atoms with E-state index in [1.54, 1.807) is 6.08 Å². The van der Waals surface area contributed by atoms with Gasteiger partial charge in [0.25, 0.3) is 0 Å². The Kier molecular flexibility index (Phi) is 11.9. The maximum absolute atomic E-state index is 6.79. The third kappa shape index (κ3) is 8.08. The van der Waals surface area contributed by atoms with E-state index in [-0.39, 0.29) is 0 Å². The quantitative estimate of drug-likeness (QED) is 0.124. The van der Waals surface area contributed by atoms with Crippen molar-refractivity contribution in [3.05, 3.63) is 278 Å². The van der Waals surface area contributed by atoms with E-state index in [0.29, 0.717) is 5.76 Å². The summed E-state index contributed by atoms with van der Waals surface area (Å²) in [6.45, 7) is 17.7. The Hall–Kier alpha value is -10.9. The highest BCUT2D eigenvalue weighted by molar-refractivity contribution is 6.88. The Morgan fingerprint density at radius 3 is 1.96 bits per heavy atom. The van der Waals surface area contributed by atoms with Gasteiger partial charge in [0.1, 0.15) is 11.3 Å². The van der Waals surface area contributed by atoms with E-state index >= 15 is 0 Å². The zero-order chi connectivity index (χ0) is 59.8. The maximum atomic E-state index is 6.79. The lowest BCUT2D eigenvalue weighted by Gasteiger charge is -2.29. The monoisotopic (exact) mass is 1160 g/mol. The van der Waals surface area contributed by atoms with Gasteiger partial charge in [-0.05, 0) is 127 Å². The van der Waals surface area contributed by atoms with E-state index in [4.69, 9.17) is 8.83 Å². The molecule has 1 N–H and O–H groups in total. The van der Waals surface area contributed by atoms with Gasteiger partial charge in [0.15, 0.2) is 11.3 Å². The van der Waals surface area contributed by atoms with Gasteiger partial charge in [-0.1, -0.05) is 207 Å². The number of nitrogens with zero attached hydrogens (tertiary/aromatic N) is 3. The summed E-state index contributed by atoms with van der Waals surface area (Å²) >= 11 is 0. The van der Waals surface area contributed by atoms with Crippen molar-refractivity contribution in [3.8, 4) is 33.4 Å². The van der Waals surface area contributed by atoms with Crippen molar-refractivity contribution in [3.63, 3.8) is 0 Å². The van der Waals surface area contributed by atoms with Crippen LogP contribution in [0.2, 0.25) is 19.6 Å². The topological polar surface area (TPSA) is 53.0 Å². The van der Waals surface area contributed by atoms with E-state index in [9.17, 15) is 0 Å². The molecule has 1 aliphatic rings. The summed E-state index contributed by atoms with van der Waals surface area (Å²) in [5.41, 5.74) is 24.0. The molecule has 1 aliphatic carbocycles. The molecule has 17 rings (SSSR count). The number of benzene rings is 11. The van der Waals surface area contributed by atoms with Gasteiger partial charge >= 0.3 is 0 Å². The lowest BCUT2D eigenvalue weighted by Crippen LogP contribution is -2.37. The second-order valence-corrected chi connectivity index (χ2v) is 30.0. The Morgan fingerprint density at radius 1 is 0.517 bits per heavy atom. The second kappa shape index (κ2) is 20.1. The van der Waals surface area contributed by atoms with Crippen LogP contribution in [-0.2, 0) is 6.42 Å². The van der Waals surface area contributed by atoms with E-state index in [1.165, 1.54) is 65.4 Å². The molecule has 89 heavy (non-hydrogen) atoms. The molecule has 0 atom stereocenters. The fraction of sp³-hybridized carbons (Fsp3) is 0.0732. The molecule has 0 saturated heterocycles. The van der Waals surface area contributed by atoms with Crippen molar-refractivity contribution < 1.29 is 8.83 Å². The summed E-state index contributed by atoms with van der Waals surface area (Å²) in [5.74, 6) is 1.64. The molecule has 0 radical (unpaired) electrons. The van der Waals surface area contributed by atoms with Gasteiger partial charge in [0, 0.05) is 93.6 Å². The van der Waals surface area contributed by atoms with E-state index in [1.807, 2.05) is 6.08 Å². The molecule has 11 aromatic carbocycles. The molecular weight excluding hydrogens is 1100 g/mol. The van der Waals surface area contributed by atoms with Crippen LogP contribution < -0.4 is 15.0 Å². The number of hydrogen-bond acceptors (Lipinski definition) is 4. The van der Waals surface area contributed by atoms with Crippen molar-refractivity contribution in [2.75, 3.05) is 9.80 Å². The normalized spacial score (nSPS) is 12.8. The first kappa shape index (κ1) is 52.5. The molecule has 426 valence electrons. The highest BCUT2D eigenvalue weighted by Gasteiger charge is 2.31. The van der Waals surface area contributed by atoms with Crippen LogP contribution in [0.4, 0.5) is 28.4 Å². The summed E-state index contributed by atoms with van der Waals surface area (Å²) in [7, 11) is -1.61. The second-order valence-electron chi connectivity index (χ2n) is 24.9. The average molecular weight is 1160 g/mol. The number of para-hydroxylation sites is 4. The third-order valence-corrected chi connectivity index (χ3v) is 20.8. The van der Waals surface area contributed by atoms with Crippen LogP contribution in [-0.4, -0.2) is 17.5 Å². The van der Waals surface area contributed by atoms with Crippen molar-refractivity contribution in [2.24, 2.45) is 0 Å². The minimum atomic E-state index is -1.61. The van der Waals surface area contributed by atoms with E-state index < -0.39 is 8.07 Å². The molecule has 5 heterocycles. The van der Waals surface area contributed by atoms with Gasteiger partial charge in [0.05, 0.1) is 41.5 Å². The number of aryl methyl sites for hydroxylation is 2. The number of aromatic amines is 1. The van der Waals surface area contributed by atoms with Crippen molar-refractivity contribution in [2.45, 2.75) is 39.4 Å². The van der Waals surface area contributed by atoms with Crippen LogP contribution in [0.5, 0.6) is 0 Å². The molecule has 0 amide bonds. The molecule has 6 nitrogen and oxygen atoms in total. The summed E-state index contributed by atoms with van der Waals surface area (Å²) in [6, 6.07) is 85.1. The molecule has 16 aromatic rings. The molecule has 5 aromatic heterocycles. The number of nitrogens with one attached hydrogen (secondary N) is 1. The van der Waals surface area contributed by atoms with Gasteiger partial charge in [-0.3, -0.25) is 0 Å². The van der Waals surface area contributed by atoms with Gasteiger partial charge in [-0.2, -0.15) is 0 Å². The lowest BCUT2D eigenvalue weighted by molar-refractivity contribution is 0.588. The average Bonchev–Trinajstić information content (AvgIpc) is 1.52. The highest BCUT2D eigenvalue weighted by atomic mass is 28.3. The zero-order valence-corrected chi connectivity index (χ0v) is 51.2. The molecule has 7 heteroatoms. The predicted molar refractivity (Wildman–Crippen MR) is 380 cm³/mol. The predicted octanol–water partition coefficient (Wildman–Crippen LogP) is 22.7. The molecule has 0 saturated carbocycles. The fourth-order valence-corrected chi connectivity index (χ4v) is 15.7. The fourth-order valence-electron chi connectivity index (χ4n) is 14.6. The number of H-pyrrole nitrogens is 1. The van der Waals surface area contributed by atoms with Crippen LogP contribution >= 0.6 is 0 Å². The maximum Gasteiger partial charge on any atom is 0.159 e. The van der Waals surface area contributed by atoms with E-state index in [0.717, 1.165) is 124 Å². The van der Waals surface area contributed by atoms with Crippen LogP contribution in [0.25, 0.3) is 133 Å². The van der Waals surface area contributed by atoms with Crippen molar-refractivity contribution >= 4 is 141 Å². The number of rotatable bonds is 12. The standard InChI is InChI=1S/C82H62N4O2Si/c1-7-58-63-29-19-32-72(81(63)87-74(58)8-2)85(54-39-43-57(44-40-54)89(4,5)6)56-42-46-71-68(48-56)62-28-18-31-65-77-66(51-21-11-9-12-22-51)49-69(76(52-23-13-10-14-24-52)80(77)86(71)79(62)65)61-27-17-26-60-67-47-55(41-45-70(67)83-78(60)61)84(53-37-35-50(3)36-38-53)73-33-20-30-64-59-25-15-16-34-75(59)88-82(64)73/h7-19,21-29,31-49,83H,1-2,20,30H2,3-6H3. The highest BCUT2D eigenvalue weighted by Crippen LogP contribution is 2.53.